The highest BCUT2D eigenvalue weighted by Gasteiger charge is 2.86. The van der Waals surface area contributed by atoms with E-state index < -0.39 is 10.8 Å². The third-order valence-corrected chi connectivity index (χ3v) is 6.11. The largest absolute Gasteiger partial charge is 0.468 e. The minimum atomic E-state index is -0.986. The summed E-state index contributed by atoms with van der Waals surface area (Å²) in [4.78, 5) is 26.4. The van der Waals surface area contributed by atoms with Crippen LogP contribution < -0.4 is 0 Å². The molecular formula is C21H16O3. The lowest BCUT2D eigenvalue weighted by Crippen LogP contribution is -2.45. The first-order valence-corrected chi connectivity index (χ1v) is 8.16. The van der Waals surface area contributed by atoms with Gasteiger partial charge in [0.05, 0.1) is 12.5 Å². The van der Waals surface area contributed by atoms with Crippen LogP contribution in [0.1, 0.15) is 27.4 Å². The number of hydrogen-bond donors (Lipinski definition) is 0. The summed E-state index contributed by atoms with van der Waals surface area (Å²) in [5.74, 6) is -0.132. The van der Waals surface area contributed by atoms with Crippen molar-refractivity contribution in [2.24, 2.45) is 11.3 Å². The number of ether oxygens (including phenoxy) is 1. The number of esters is 1. The van der Waals surface area contributed by atoms with Gasteiger partial charge < -0.3 is 4.74 Å². The molecule has 3 nitrogen and oxygen atoms in total. The number of benzene rings is 2. The SMILES string of the molecule is COC(=O)[C@]12C=C[C@@H]3[C@H](c4ccccc41)[C@@]32C(=O)c1ccccc1. The quantitative estimate of drug-likeness (QED) is 0.496. The van der Waals surface area contributed by atoms with Crippen LogP contribution >= 0.6 is 0 Å². The minimum absolute atomic E-state index is 0.0460. The maximum atomic E-state index is 13.5. The van der Waals surface area contributed by atoms with Crippen molar-refractivity contribution in [3.05, 3.63) is 83.4 Å². The Labute approximate surface area is 140 Å². The molecule has 0 saturated heterocycles. The Morgan fingerprint density at radius 3 is 2.46 bits per heavy atom. The number of carbonyl (C=O) groups excluding carboxylic acids is 2. The van der Waals surface area contributed by atoms with Crippen LogP contribution in [0.25, 0.3) is 0 Å². The van der Waals surface area contributed by atoms with Crippen LogP contribution in [0.2, 0.25) is 0 Å². The normalized spacial score (nSPS) is 33.7. The van der Waals surface area contributed by atoms with E-state index >= 15 is 0 Å². The van der Waals surface area contributed by atoms with E-state index in [4.69, 9.17) is 4.74 Å². The fourth-order valence-corrected chi connectivity index (χ4v) is 5.26. The molecule has 3 heteroatoms. The molecule has 0 unspecified atom stereocenters. The Hall–Kier alpha value is -2.68. The molecule has 0 aliphatic heterocycles. The second kappa shape index (κ2) is 4.23. The van der Waals surface area contributed by atoms with Gasteiger partial charge in [0.25, 0.3) is 0 Å². The number of fused-ring (bicyclic) bond motifs is 4. The smallest absolute Gasteiger partial charge is 0.321 e. The van der Waals surface area contributed by atoms with E-state index in [1.54, 1.807) is 0 Å². The summed E-state index contributed by atoms with van der Waals surface area (Å²) in [7, 11) is 1.40. The molecule has 3 aliphatic rings. The summed E-state index contributed by atoms with van der Waals surface area (Å²) >= 11 is 0. The number of Topliss-reactive ketones (excluding diaryl/α,β-unsaturated/α-hetero) is 1. The zero-order chi connectivity index (χ0) is 16.5. The fourth-order valence-electron chi connectivity index (χ4n) is 5.26. The Bertz CT molecular complexity index is 914. The predicted octanol–water partition coefficient (Wildman–Crippen LogP) is 3.26. The molecule has 2 aromatic rings. The summed E-state index contributed by atoms with van der Waals surface area (Å²) < 4.78 is 5.18. The monoisotopic (exact) mass is 316 g/mol. The topological polar surface area (TPSA) is 43.4 Å². The Morgan fingerprint density at radius 1 is 1.00 bits per heavy atom. The highest BCUT2D eigenvalue weighted by Crippen LogP contribution is 2.83. The van der Waals surface area contributed by atoms with Crippen LogP contribution in [0.4, 0.5) is 0 Å². The third-order valence-electron chi connectivity index (χ3n) is 6.11. The van der Waals surface area contributed by atoms with Gasteiger partial charge in [-0.2, -0.15) is 0 Å². The molecule has 0 amide bonds. The molecule has 1 saturated carbocycles. The standard InChI is InChI=1S/C21H16O3/c1-24-19(23)20-12-11-16-17(14-9-5-6-10-15(14)20)21(16,20)18(22)13-7-3-2-4-8-13/h2-12,16-17H,1H3/t16-,17+,20+,21-/m1/s1. The molecule has 0 N–H and O–H groups in total. The van der Waals surface area contributed by atoms with Crippen molar-refractivity contribution < 1.29 is 14.3 Å². The average Bonchev–Trinajstić information content (AvgIpc) is 3.14. The van der Waals surface area contributed by atoms with Crippen LogP contribution in [-0.4, -0.2) is 18.9 Å². The molecule has 2 aromatic carbocycles. The highest BCUT2D eigenvalue weighted by molar-refractivity contribution is 6.13. The Kier molecular flexibility index (Phi) is 2.42. The van der Waals surface area contributed by atoms with Crippen molar-refractivity contribution in [1.82, 2.24) is 0 Å². The molecule has 4 atom stereocenters. The second-order valence-electron chi connectivity index (χ2n) is 6.81. The molecule has 0 aromatic heterocycles. The van der Waals surface area contributed by atoms with Crippen molar-refractivity contribution in [1.29, 1.82) is 0 Å². The lowest BCUT2D eigenvalue weighted by molar-refractivity contribution is -0.147. The van der Waals surface area contributed by atoms with Crippen LogP contribution in [0.3, 0.4) is 0 Å². The molecular weight excluding hydrogens is 300 g/mol. The molecule has 24 heavy (non-hydrogen) atoms. The zero-order valence-electron chi connectivity index (χ0n) is 13.2. The van der Waals surface area contributed by atoms with Gasteiger partial charge in [-0.15, -0.1) is 0 Å². The van der Waals surface area contributed by atoms with Gasteiger partial charge in [-0.25, -0.2) is 0 Å². The van der Waals surface area contributed by atoms with E-state index in [-0.39, 0.29) is 23.6 Å². The van der Waals surface area contributed by atoms with Gasteiger partial charge >= 0.3 is 5.97 Å². The van der Waals surface area contributed by atoms with E-state index in [1.165, 1.54) is 7.11 Å². The van der Waals surface area contributed by atoms with Gasteiger partial charge in [0.2, 0.25) is 0 Å². The molecule has 1 fully saturated rings. The summed E-state index contributed by atoms with van der Waals surface area (Å²) in [6.45, 7) is 0. The Morgan fingerprint density at radius 2 is 1.71 bits per heavy atom. The molecule has 0 bridgehead atoms. The third kappa shape index (κ3) is 1.21. The van der Waals surface area contributed by atoms with Crippen LogP contribution in [0.5, 0.6) is 0 Å². The lowest BCUT2D eigenvalue weighted by Gasteiger charge is -2.31. The first kappa shape index (κ1) is 13.7. The number of allylic oxidation sites excluding steroid dienone is 1. The minimum Gasteiger partial charge on any atom is -0.468 e. The maximum Gasteiger partial charge on any atom is 0.321 e. The number of ketones is 1. The molecule has 0 radical (unpaired) electrons. The molecule has 0 spiro atoms. The first-order valence-electron chi connectivity index (χ1n) is 8.16. The second-order valence-corrected chi connectivity index (χ2v) is 6.81. The summed E-state index contributed by atoms with van der Waals surface area (Å²) in [5.41, 5.74) is 0.972. The van der Waals surface area contributed by atoms with Crippen molar-refractivity contribution in [2.75, 3.05) is 7.11 Å². The molecule has 0 heterocycles. The predicted molar refractivity (Wildman–Crippen MR) is 88.7 cm³/mol. The summed E-state index contributed by atoms with van der Waals surface area (Å²) in [6.07, 6.45) is 3.95. The zero-order valence-corrected chi connectivity index (χ0v) is 13.2. The van der Waals surface area contributed by atoms with Gasteiger partial charge in [0.15, 0.2) is 5.78 Å². The van der Waals surface area contributed by atoms with Gasteiger partial charge in [0, 0.05) is 17.4 Å². The van der Waals surface area contributed by atoms with E-state index in [9.17, 15) is 9.59 Å². The maximum absolute atomic E-state index is 13.5. The highest BCUT2D eigenvalue weighted by atomic mass is 16.5. The Balaban J connectivity index is 1.77. The first-order chi connectivity index (χ1) is 11.7. The average molecular weight is 316 g/mol. The van der Waals surface area contributed by atoms with Crippen LogP contribution in [0, 0.1) is 11.3 Å². The fraction of sp³-hybridized carbons (Fsp3) is 0.238. The van der Waals surface area contributed by atoms with Crippen LogP contribution in [0.15, 0.2) is 66.7 Å². The number of hydrogen-bond acceptors (Lipinski definition) is 3. The summed E-state index contributed by atoms with van der Waals surface area (Å²) in [6, 6.07) is 17.2. The van der Waals surface area contributed by atoms with Crippen molar-refractivity contribution in [3.63, 3.8) is 0 Å². The number of carbonyl (C=O) groups is 2. The molecule has 3 aliphatic carbocycles. The number of rotatable bonds is 3. The molecule has 118 valence electrons. The van der Waals surface area contributed by atoms with Crippen molar-refractivity contribution in [3.8, 4) is 0 Å². The van der Waals surface area contributed by atoms with Gasteiger partial charge in [0.1, 0.15) is 5.41 Å². The van der Waals surface area contributed by atoms with Gasteiger partial charge in [-0.05, 0) is 11.1 Å². The molecule has 5 rings (SSSR count). The summed E-state index contributed by atoms with van der Waals surface area (Å²) in [5, 5.41) is 0. The van der Waals surface area contributed by atoms with E-state index in [2.05, 4.69) is 0 Å². The van der Waals surface area contributed by atoms with Crippen LogP contribution in [-0.2, 0) is 14.9 Å². The lowest BCUT2D eigenvalue weighted by atomic mass is 9.68. The van der Waals surface area contributed by atoms with E-state index in [0.29, 0.717) is 5.56 Å². The van der Waals surface area contributed by atoms with E-state index in [0.717, 1.165) is 11.1 Å². The van der Waals surface area contributed by atoms with Gasteiger partial charge in [-0.1, -0.05) is 66.7 Å². The number of methoxy groups -OCH3 is 1. The van der Waals surface area contributed by atoms with Crippen molar-refractivity contribution >= 4 is 11.8 Å². The van der Waals surface area contributed by atoms with E-state index in [1.807, 2.05) is 66.7 Å². The van der Waals surface area contributed by atoms with Gasteiger partial charge in [-0.3, -0.25) is 9.59 Å². The van der Waals surface area contributed by atoms with Crippen molar-refractivity contribution in [2.45, 2.75) is 11.3 Å².